The molecule has 4 nitrogen and oxygen atoms in total. The van der Waals surface area contributed by atoms with E-state index in [0.29, 0.717) is 23.1 Å². The van der Waals surface area contributed by atoms with Crippen LogP contribution in [-0.4, -0.2) is 17.1 Å². The van der Waals surface area contributed by atoms with Crippen LogP contribution >= 0.6 is 11.6 Å². The summed E-state index contributed by atoms with van der Waals surface area (Å²) in [5.74, 6) is 0.455. The molecule has 2 N–H and O–H groups in total. The number of nitrogens with zero attached hydrogens (tertiary/aromatic N) is 2. The number of halogens is 1. The summed E-state index contributed by atoms with van der Waals surface area (Å²) in [7, 11) is 1.50. The average Bonchev–Trinajstić information content (AvgIpc) is 2.04. The molecule has 60 valence electrons. The molecule has 1 heterocycles. The van der Waals surface area contributed by atoms with Crippen molar-refractivity contribution in [2.45, 2.75) is 6.54 Å². The third-order valence-corrected chi connectivity index (χ3v) is 1.50. The minimum Gasteiger partial charge on any atom is -0.492 e. The molecule has 0 radical (unpaired) electrons. The van der Waals surface area contributed by atoms with Crippen LogP contribution in [0.5, 0.6) is 5.75 Å². The second-order valence-corrected chi connectivity index (χ2v) is 2.21. The summed E-state index contributed by atoms with van der Waals surface area (Å²) >= 11 is 5.68. The molecular weight excluding hydrogens is 166 g/mol. The molecule has 0 fully saturated rings. The molecule has 0 spiro atoms. The highest BCUT2D eigenvalue weighted by molar-refractivity contribution is 6.30. The summed E-state index contributed by atoms with van der Waals surface area (Å²) in [5.41, 5.74) is 5.98. The summed E-state index contributed by atoms with van der Waals surface area (Å²) in [6.45, 7) is 0.297. The minimum atomic E-state index is 0.294. The first kappa shape index (κ1) is 8.23. The van der Waals surface area contributed by atoms with E-state index in [1.807, 2.05) is 0 Å². The molecule has 0 aliphatic carbocycles. The predicted octanol–water partition coefficient (Wildman–Crippen LogP) is 0.597. The number of hydrogen-bond acceptors (Lipinski definition) is 4. The maximum atomic E-state index is 5.68. The van der Waals surface area contributed by atoms with E-state index in [1.165, 1.54) is 13.4 Å². The molecule has 0 amide bonds. The Bertz CT molecular complexity index is 254. The lowest BCUT2D eigenvalue weighted by atomic mass is 10.4. The van der Waals surface area contributed by atoms with Crippen molar-refractivity contribution in [3.63, 3.8) is 0 Å². The molecule has 1 rings (SSSR count). The summed E-state index contributed by atoms with van der Waals surface area (Å²) in [6.07, 6.45) is 1.35. The van der Waals surface area contributed by atoms with Crippen LogP contribution < -0.4 is 10.5 Å². The van der Waals surface area contributed by atoms with E-state index < -0.39 is 0 Å². The molecule has 1 aromatic heterocycles. The van der Waals surface area contributed by atoms with E-state index >= 15 is 0 Å². The third kappa shape index (κ3) is 1.58. The Morgan fingerprint density at radius 1 is 1.64 bits per heavy atom. The maximum Gasteiger partial charge on any atom is 0.179 e. The molecule has 0 saturated heterocycles. The molecule has 0 unspecified atom stereocenters. The Hall–Kier alpha value is -0.870. The van der Waals surface area contributed by atoms with Gasteiger partial charge in [0.1, 0.15) is 12.0 Å². The van der Waals surface area contributed by atoms with Gasteiger partial charge in [-0.3, -0.25) is 0 Å². The molecule has 1 aromatic rings. The molecule has 0 aromatic carbocycles. The number of methoxy groups -OCH3 is 1. The normalized spacial score (nSPS) is 9.73. The molecule has 11 heavy (non-hydrogen) atoms. The average molecular weight is 174 g/mol. The van der Waals surface area contributed by atoms with Crippen LogP contribution in [0.1, 0.15) is 5.69 Å². The fourth-order valence-corrected chi connectivity index (χ4v) is 0.963. The number of ether oxygens (including phenoxy) is 1. The van der Waals surface area contributed by atoms with Gasteiger partial charge in [0.2, 0.25) is 0 Å². The van der Waals surface area contributed by atoms with Crippen molar-refractivity contribution in [1.29, 1.82) is 0 Å². The van der Waals surface area contributed by atoms with Gasteiger partial charge in [-0.2, -0.15) is 0 Å². The number of nitrogens with two attached hydrogens (primary N) is 1. The molecule has 0 saturated carbocycles. The van der Waals surface area contributed by atoms with Crippen molar-refractivity contribution >= 4 is 11.6 Å². The fourth-order valence-electron chi connectivity index (χ4n) is 0.733. The van der Waals surface area contributed by atoms with Crippen molar-refractivity contribution in [2.24, 2.45) is 5.73 Å². The second kappa shape index (κ2) is 3.50. The van der Waals surface area contributed by atoms with Crippen LogP contribution in [0.2, 0.25) is 5.15 Å². The van der Waals surface area contributed by atoms with Crippen LogP contribution in [-0.2, 0) is 6.54 Å². The first-order chi connectivity index (χ1) is 5.29. The fraction of sp³-hybridized carbons (Fsp3) is 0.333. The summed E-state index contributed by atoms with van der Waals surface area (Å²) in [5, 5.41) is 0.294. The van der Waals surface area contributed by atoms with Crippen LogP contribution in [0, 0.1) is 0 Å². The Morgan fingerprint density at radius 2 is 2.36 bits per heavy atom. The van der Waals surface area contributed by atoms with Gasteiger partial charge < -0.3 is 10.5 Å². The molecule has 0 bridgehead atoms. The summed E-state index contributed by atoms with van der Waals surface area (Å²) in [6, 6.07) is 0. The molecule has 0 aliphatic heterocycles. The monoisotopic (exact) mass is 173 g/mol. The topological polar surface area (TPSA) is 61.0 Å². The molecular formula is C6H8ClN3O. The standard InChI is InChI=1S/C6H8ClN3O/c1-11-5-4(2-8)9-3-10-6(5)7/h3H,2,8H2,1H3. The number of hydrogen-bond donors (Lipinski definition) is 1. The van der Waals surface area contributed by atoms with Gasteiger partial charge in [-0.25, -0.2) is 9.97 Å². The van der Waals surface area contributed by atoms with Crippen molar-refractivity contribution in [3.8, 4) is 5.75 Å². The highest BCUT2D eigenvalue weighted by atomic mass is 35.5. The lowest BCUT2D eigenvalue weighted by Crippen LogP contribution is -2.03. The van der Waals surface area contributed by atoms with E-state index in [4.69, 9.17) is 22.1 Å². The highest BCUT2D eigenvalue weighted by Crippen LogP contribution is 2.23. The van der Waals surface area contributed by atoms with Gasteiger partial charge in [-0.15, -0.1) is 0 Å². The van der Waals surface area contributed by atoms with Crippen molar-refractivity contribution in [3.05, 3.63) is 17.2 Å². The van der Waals surface area contributed by atoms with Gasteiger partial charge in [-0.05, 0) is 0 Å². The third-order valence-electron chi connectivity index (χ3n) is 1.23. The first-order valence-corrected chi connectivity index (χ1v) is 3.40. The van der Waals surface area contributed by atoms with Gasteiger partial charge in [-0.1, -0.05) is 11.6 Å². The van der Waals surface area contributed by atoms with Crippen molar-refractivity contribution in [2.75, 3.05) is 7.11 Å². The second-order valence-electron chi connectivity index (χ2n) is 1.85. The van der Waals surface area contributed by atoms with Crippen LogP contribution in [0.4, 0.5) is 0 Å². The van der Waals surface area contributed by atoms with E-state index in [2.05, 4.69) is 9.97 Å². The van der Waals surface area contributed by atoms with Gasteiger partial charge in [0, 0.05) is 6.54 Å². The highest BCUT2D eigenvalue weighted by Gasteiger charge is 2.07. The summed E-state index contributed by atoms with van der Waals surface area (Å²) < 4.78 is 4.93. The predicted molar refractivity (Wildman–Crippen MR) is 41.5 cm³/mol. The van der Waals surface area contributed by atoms with Crippen molar-refractivity contribution < 1.29 is 4.74 Å². The van der Waals surface area contributed by atoms with Gasteiger partial charge in [0.15, 0.2) is 10.9 Å². The zero-order chi connectivity index (χ0) is 8.27. The molecule has 0 atom stereocenters. The number of aromatic nitrogens is 2. The SMILES string of the molecule is COc1c(Cl)ncnc1CN. The Labute approximate surface area is 69.4 Å². The largest absolute Gasteiger partial charge is 0.492 e. The smallest absolute Gasteiger partial charge is 0.179 e. The molecule has 0 aliphatic rings. The Kier molecular flexibility index (Phi) is 2.62. The van der Waals surface area contributed by atoms with Crippen LogP contribution in [0.3, 0.4) is 0 Å². The van der Waals surface area contributed by atoms with Gasteiger partial charge in [0.25, 0.3) is 0 Å². The van der Waals surface area contributed by atoms with Crippen LogP contribution in [0.15, 0.2) is 6.33 Å². The number of rotatable bonds is 2. The first-order valence-electron chi connectivity index (χ1n) is 3.03. The zero-order valence-corrected chi connectivity index (χ0v) is 6.80. The van der Waals surface area contributed by atoms with E-state index in [-0.39, 0.29) is 0 Å². The molecule has 5 heteroatoms. The van der Waals surface area contributed by atoms with Gasteiger partial charge >= 0.3 is 0 Å². The maximum absolute atomic E-state index is 5.68. The lowest BCUT2D eigenvalue weighted by molar-refractivity contribution is 0.405. The Morgan fingerprint density at radius 3 is 2.82 bits per heavy atom. The van der Waals surface area contributed by atoms with E-state index in [1.54, 1.807) is 0 Å². The van der Waals surface area contributed by atoms with Crippen LogP contribution in [0.25, 0.3) is 0 Å². The van der Waals surface area contributed by atoms with Gasteiger partial charge in [0.05, 0.1) is 7.11 Å². The van der Waals surface area contributed by atoms with Crippen molar-refractivity contribution in [1.82, 2.24) is 9.97 Å². The quantitative estimate of drug-likeness (QED) is 0.666. The minimum absolute atomic E-state index is 0.294. The lowest BCUT2D eigenvalue weighted by Gasteiger charge is -2.04. The Balaban J connectivity index is 3.13. The van der Waals surface area contributed by atoms with E-state index in [9.17, 15) is 0 Å². The summed E-state index contributed by atoms with van der Waals surface area (Å²) in [4.78, 5) is 7.62. The zero-order valence-electron chi connectivity index (χ0n) is 6.04. The van der Waals surface area contributed by atoms with E-state index in [0.717, 1.165) is 0 Å².